The Kier molecular flexibility index (Phi) is 7.49. The molecule has 2 aromatic carbocycles. The van der Waals surface area contributed by atoms with Gasteiger partial charge < -0.3 is 25.8 Å². The molecular weight excluding hydrogens is 344 g/mol. The summed E-state index contributed by atoms with van der Waals surface area (Å²) in [5.41, 5.74) is 8.83. The summed E-state index contributed by atoms with van der Waals surface area (Å²) in [6.45, 7) is 2.60. The summed E-state index contributed by atoms with van der Waals surface area (Å²) >= 11 is 0. The Morgan fingerprint density at radius 2 is 1.70 bits per heavy atom. The average Bonchev–Trinajstić information content (AvgIpc) is 2.67. The van der Waals surface area contributed by atoms with Crippen molar-refractivity contribution in [2.24, 2.45) is 10.7 Å². The van der Waals surface area contributed by atoms with Crippen molar-refractivity contribution < 1.29 is 14.3 Å². The van der Waals surface area contributed by atoms with Crippen molar-refractivity contribution in [3.63, 3.8) is 0 Å². The molecule has 144 valence electrons. The van der Waals surface area contributed by atoms with Gasteiger partial charge in [0.05, 0.1) is 20.8 Å². The quantitative estimate of drug-likeness (QED) is 0.489. The minimum atomic E-state index is -0.0807. The maximum Gasteiger partial charge on any atom is 0.221 e. The van der Waals surface area contributed by atoms with E-state index < -0.39 is 0 Å². The number of nitrogens with zero attached hydrogens (tertiary/aromatic N) is 1. The Morgan fingerprint density at radius 1 is 1.04 bits per heavy atom. The van der Waals surface area contributed by atoms with Gasteiger partial charge >= 0.3 is 0 Å². The molecule has 0 aliphatic heterocycles. The number of methoxy groups -OCH3 is 2. The van der Waals surface area contributed by atoms with E-state index in [9.17, 15) is 4.79 Å². The SMILES string of the molecule is COc1ccc(CN=C(N)NCCc2ccc(NC(C)=O)cc2)cc1OC. The van der Waals surface area contributed by atoms with E-state index in [1.54, 1.807) is 14.2 Å². The number of anilines is 1. The molecule has 4 N–H and O–H groups in total. The van der Waals surface area contributed by atoms with Gasteiger partial charge in [0, 0.05) is 19.2 Å². The van der Waals surface area contributed by atoms with Gasteiger partial charge in [0.15, 0.2) is 17.5 Å². The third-order valence-corrected chi connectivity index (χ3v) is 3.87. The summed E-state index contributed by atoms with van der Waals surface area (Å²) < 4.78 is 10.5. The zero-order valence-electron chi connectivity index (χ0n) is 15.9. The minimum Gasteiger partial charge on any atom is -0.493 e. The van der Waals surface area contributed by atoms with Crippen LogP contribution in [0.4, 0.5) is 5.69 Å². The molecule has 0 atom stereocenters. The Labute approximate surface area is 159 Å². The molecule has 0 radical (unpaired) electrons. The van der Waals surface area contributed by atoms with Crippen LogP contribution in [0.2, 0.25) is 0 Å². The fourth-order valence-corrected chi connectivity index (χ4v) is 2.50. The number of hydrogen-bond acceptors (Lipinski definition) is 4. The number of benzene rings is 2. The van der Waals surface area contributed by atoms with Crippen molar-refractivity contribution in [1.82, 2.24) is 5.32 Å². The first-order chi connectivity index (χ1) is 13.0. The fraction of sp³-hybridized carbons (Fsp3) is 0.300. The molecule has 0 spiro atoms. The lowest BCUT2D eigenvalue weighted by molar-refractivity contribution is -0.114. The van der Waals surface area contributed by atoms with Crippen LogP contribution in [0.25, 0.3) is 0 Å². The molecule has 1 amide bonds. The Morgan fingerprint density at radius 3 is 2.33 bits per heavy atom. The van der Waals surface area contributed by atoms with E-state index in [1.807, 2.05) is 42.5 Å². The van der Waals surface area contributed by atoms with Crippen molar-refractivity contribution in [1.29, 1.82) is 0 Å². The molecule has 7 heteroatoms. The molecule has 0 saturated heterocycles. The molecule has 0 aromatic heterocycles. The summed E-state index contributed by atoms with van der Waals surface area (Å²) in [6.07, 6.45) is 0.799. The number of rotatable bonds is 8. The van der Waals surface area contributed by atoms with Gasteiger partial charge in [-0.15, -0.1) is 0 Å². The summed E-state index contributed by atoms with van der Waals surface area (Å²) in [7, 11) is 3.20. The van der Waals surface area contributed by atoms with Gasteiger partial charge in [-0.1, -0.05) is 18.2 Å². The summed E-state index contributed by atoms with van der Waals surface area (Å²) in [6, 6.07) is 13.4. The molecular formula is C20H26N4O3. The molecule has 2 aromatic rings. The second-order valence-electron chi connectivity index (χ2n) is 5.95. The van der Waals surface area contributed by atoms with E-state index in [4.69, 9.17) is 15.2 Å². The van der Waals surface area contributed by atoms with Crippen LogP contribution in [-0.2, 0) is 17.8 Å². The van der Waals surface area contributed by atoms with Crippen LogP contribution < -0.4 is 25.8 Å². The zero-order chi connectivity index (χ0) is 19.6. The van der Waals surface area contributed by atoms with Crippen molar-refractivity contribution in [3.8, 4) is 11.5 Å². The fourth-order valence-electron chi connectivity index (χ4n) is 2.50. The Hall–Kier alpha value is -3.22. The third-order valence-electron chi connectivity index (χ3n) is 3.87. The number of nitrogens with one attached hydrogen (secondary N) is 2. The lowest BCUT2D eigenvalue weighted by atomic mass is 10.1. The number of guanidine groups is 1. The van der Waals surface area contributed by atoms with Crippen LogP contribution in [0.15, 0.2) is 47.5 Å². The Bertz CT molecular complexity index is 788. The van der Waals surface area contributed by atoms with Crippen LogP contribution in [-0.4, -0.2) is 32.6 Å². The van der Waals surface area contributed by atoms with Crippen LogP contribution in [0.5, 0.6) is 11.5 Å². The first kappa shape index (κ1) is 20.1. The highest BCUT2D eigenvalue weighted by molar-refractivity contribution is 5.88. The standard InChI is InChI=1S/C20H26N4O3/c1-14(25)24-17-7-4-15(5-8-17)10-11-22-20(21)23-13-16-6-9-18(26-2)19(12-16)27-3/h4-9,12H,10-11,13H2,1-3H3,(H,24,25)(H3,21,22,23). The van der Waals surface area contributed by atoms with Crippen LogP contribution >= 0.6 is 0 Å². The van der Waals surface area contributed by atoms with Gasteiger partial charge in [-0.3, -0.25) is 4.79 Å². The number of carbonyl (C=O) groups is 1. The van der Waals surface area contributed by atoms with E-state index in [2.05, 4.69) is 15.6 Å². The molecule has 27 heavy (non-hydrogen) atoms. The molecule has 0 bridgehead atoms. The van der Waals surface area contributed by atoms with Gasteiger partial charge in [-0.05, 0) is 41.8 Å². The smallest absolute Gasteiger partial charge is 0.221 e. The molecule has 0 aliphatic carbocycles. The van der Waals surface area contributed by atoms with Gasteiger partial charge in [0.2, 0.25) is 5.91 Å². The molecule has 0 unspecified atom stereocenters. The van der Waals surface area contributed by atoms with Gasteiger partial charge in [-0.25, -0.2) is 4.99 Å². The second kappa shape index (κ2) is 10.1. The van der Waals surface area contributed by atoms with Crippen LogP contribution in [0.3, 0.4) is 0 Å². The summed E-state index contributed by atoms with van der Waals surface area (Å²) in [5, 5.41) is 5.84. The highest BCUT2D eigenvalue weighted by Crippen LogP contribution is 2.27. The van der Waals surface area contributed by atoms with Gasteiger partial charge in [-0.2, -0.15) is 0 Å². The molecule has 0 fully saturated rings. The highest BCUT2D eigenvalue weighted by Gasteiger charge is 2.04. The van der Waals surface area contributed by atoms with Crippen LogP contribution in [0, 0.1) is 0 Å². The van der Waals surface area contributed by atoms with Gasteiger partial charge in [0.1, 0.15) is 0 Å². The maximum atomic E-state index is 11.0. The molecule has 7 nitrogen and oxygen atoms in total. The van der Waals surface area contributed by atoms with Crippen molar-refractivity contribution in [2.75, 3.05) is 26.1 Å². The van der Waals surface area contributed by atoms with E-state index in [0.717, 1.165) is 23.2 Å². The predicted octanol–water partition coefficient (Wildman–Crippen LogP) is 2.31. The summed E-state index contributed by atoms with van der Waals surface area (Å²) in [5.74, 6) is 1.66. The monoisotopic (exact) mass is 370 g/mol. The molecule has 0 aliphatic rings. The van der Waals surface area contributed by atoms with E-state index >= 15 is 0 Å². The first-order valence-corrected chi connectivity index (χ1v) is 8.63. The van der Waals surface area contributed by atoms with Crippen molar-refractivity contribution in [2.45, 2.75) is 19.9 Å². The normalized spacial score (nSPS) is 11.0. The molecule has 2 rings (SSSR count). The number of hydrogen-bond donors (Lipinski definition) is 3. The number of amides is 1. The van der Waals surface area contributed by atoms with E-state index in [1.165, 1.54) is 6.92 Å². The molecule has 0 saturated carbocycles. The van der Waals surface area contributed by atoms with Crippen molar-refractivity contribution >= 4 is 17.6 Å². The minimum absolute atomic E-state index is 0.0807. The first-order valence-electron chi connectivity index (χ1n) is 8.63. The zero-order valence-corrected chi connectivity index (χ0v) is 15.9. The highest BCUT2D eigenvalue weighted by atomic mass is 16.5. The van der Waals surface area contributed by atoms with E-state index in [-0.39, 0.29) is 5.91 Å². The average molecular weight is 370 g/mol. The Balaban J connectivity index is 1.81. The lowest BCUT2D eigenvalue weighted by Crippen LogP contribution is -2.33. The molecule has 0 heterocycles. The number of nitrogens with two attached hydrogens (primary N) is 1. The number of ether oxygens (including phenoxy) is 2. The topological polar surface area (TPSA) is 98.0 Å². The van der Waals surface area contributed by atoms with Gasteiger partial charge in [0.25, 0.3) is 0 Å². The lowest BCUT2D eigenvalue weighted by Gasteiger charge is -2.09. The predicted molar refractivity (Wildman–Crippen MR) is 107 cm³/mol. The van der Waals surface area contributed by atoms with E-state index in [0.29, 0.717) is 30.5 Å². The van der Waals surface area contributed by atoms with Crippen molar-refractivity contribution in [3.05, 3.63) is 53.6 Å². The maximum absolute atomic E-state index is 11.0. The number of aliphatic imine (C=N–C) groups is 1. The second-order valence-corrected chi connectivity index (χ2v) is 5.95. The van der Waals surface area contributed by atoms with Crippen LogP contribution in [0.1, 0.15) is 18.1 Å². The largest absolute Gasteiger partial charge is 0.493 e. The number of carbonyl (C=O) groups excluding carboxylic acids is 1. The summed E-state index contributed by atoms with van der Waals surface area (Å²) in [4.78, 5) is 15.4. The third kappa shape index (κ3) is 6.54.